The minimum absolute atomic E-state index is 0.149. The zero-order valence-corrected chi connectivity index (χ0v) is 22.8. The summed E-state index contributed by atoms with van der Waals surface area (Å²) < 4.78 is 10.8. The summed E-state index contributed by atoms with van der Waals surface area (Å²) >= 11 is 0. The van der Waals surface area contributed by atoms with Crippen molar-refractivity contribution >= 4 is 11.9 Å². The molecule has 4 nitrogen and oxygen atoms in total. The van der Waals surface area contributed by atoms with Crippen LogP contribution in [0.25, 0.3) is 0 Å². The quantitative estimate of drug-likeness (QED) is 0.0837. The Balaban J connectivity index is 3.48. The molecule has 0 spiro atoms. The van der Waals surface area contributed by atoms with Crippen molar-refractivity contribution in [3.8, 4) is 11.8 Å². The first-order valence-electron chi connectivity index (χ1n) is 14.4. The molecule has 0 rings (SSSR count). The molecule has 0 bridgehead atoms. The molecule has 0 aliphatic heterocycles. The number of hydrogen-bond donors (Lipinski definition) is 0. The van der Waals surface area contributed by atoms with Crippen molar-refractivity contribution in [2.75, 3.05) is 6.61 Å². The van der Waals surface area contributed by atoms with E-state index in [0.717, 1.165) is 32.1 Å². The molecule has 0 aliphatic carbocycles. The fourth-order valence-corrected chi connectivity index (χ4v) is 3.85. The van der Waals surface area contributed by atoms with Crippen LogP contribution in [0.1, 0.15) is 156 Å². The average molecular weight is 479 g/mol. The highest BCUT2D eigenvalue weighted by atomic mass is 16.5. The molecule has 0 aromatic heterocycles. The van der Waals surface area contributed by atoms with Crippen LogP contribution in [0.3, 0.4) is 0 Å². The Labute approximate surface area is 211 Å². The van der Waals surface area contributed by atoms with E-state index in [9.17, 15) is 9.59 Å². The van der Waals surface area contributed by atoms with E-state index in [1.807, 2.05) is 6.92 Å². The second-order valence-corrected chi connectivity index (χ2v) is 9.50. The smallest absolute Gasteiger partial charge is 0.306 e. The number of rotatable bonds is 23. The molecule has 198 valence electrons. The van der Waals surface area contributed by atoms with Gasteiger partial charge in [-0.15, -0.1) is 5.92 Å². The zero-order chi connectivity index (χ0) is 25.1. The lowest BCUT2D eigenvalue weighted by Crippen LogP contribution is -2.17. The number of hydrogen-bond acceptors (Lipinski definition) is 4. The van der Waals surface area contributed by atoms with Gasteiger partial charge in [0, 0.05) is 25.7 Å². The minimum Gasteiger partial charge on any atom is -0.466 e. The Morgan fingerprint density at radius 2 is 1.15 bits per heavy atom. The number of esters is 2. The molecular weight excluding hydrogens is 424 g/mol. The van der Waals surface area contributed by atoms with Crippen molar-refractivity contribution in [2.45, 2.75) is 162 Å². The molecule has 0 aliphatic rings. The van der Waals surface area contributed by atoms with Gasteiger partial charge in [-0.3, -0.25) is 9.59 Å². The van der Waals surface area contributed by atoms with E-state index in [-0.39, 0.29) is 30.9 Å². The van der Waals surface area contributed by atoms with Gasteiger partial charge >= 0.3 is 11.9 Å². The van der Waals surface area contributed by atoms with Crippen molar-refractivity contribution in [3.05, 3.63) is 0 Å². The van der Waals surface area contributed by atoms with Crippen molar-refractivity contribution in [3.63, 3.8) is 0 Å². The summed E-state index contributed by atoms with van der Waals surface area (Å²) in [4.78, 5) is 23.8. The molecule has 0 N–H and O–H groups in total. The van der Waals surface area contributed by atoms with Gasteiger partial charge in [0.1, 0.15) is 6.10 Å². The van der Waals surface area contributed by atoms with Crippen LogP contribution >= 0.6 is 0 Å². The Bertz CT molecular complexity index is 532. The molecule has 0 fully saturated rings. The molecule has 0 saturated heterocycles. The van der Waals surface area contributed by atoms with Crippen molar-refractivity contribution in [1.29, 1.82) is 0 Å². The SMILES string of the molecule is CCCC#CCC(CC)OC(=O)CCCC(=O)OCCCCCCCCCCCCCCCC. The van der Waals surface area contributed by atoms with Crippen LogP contribution < -0.4 is 0 Å². The Morgan fingerprint density at radius 3 is 1.68 bits per heavy atom. The Hall–Kier alpha value is -1.50. The monoisotopic (exact) mass is 478 g/mol. The van der Waals surface area contributed by atoms with Gasteiger partial charge in [0.05, 0.1) is 6.61 Å². The van der Waals surface area contributed by atoms with E-state index in [2.05, 4.69) is 25.7 Å². The highest BCUT2D eigenvalue weighted by Gasteiger charge is 2.12. The Kier molecular flexibility index (Phi) is 25.0. The molecule has 0 amide bonds. The molecule has 0 radical (unpaired) electrons. The van der Waals surface area contributed by atoms with Gasteiger partial charge in [0.15, 0.2) is 0 Å². The standard InChI is InChI=1S/C30H54O4/c1-4-7-9-11-12-13-14-15-16-17-18-19-20-22-27-33-29(31)25-23-26-30(32)34-28(6-3)24-21-10-8-5-2/h28H,4-9,11-20,22-27H2,1-3H3. The summed E-state index contributed by atoms with van der Waals surface area (Å²) in [5.41, 5.74) is 0. The highest BCUT2D eigenvalue weighted by molar-refractivity contribution is 5.72. The summed E-state index contributed by atoms with van der Waals surface area (Å²) in [6.45, 7) is 6.85. The number of ether oxygens (including phenoxy) is 2. The first kappa shape index (κ1) is 32.5. The normalized spacial score (nSPS) is 11.5. The molecule has 1 unspecified atom stereocenters. The lowest BCUT2D eigenvalue weighted by molar-refractivity contribution is -0.149. The third kappa shape index (κ3) is 23.7. The van der Waals surface area contributed by atoms with Gasteiger partial charge < -0.3 is 9.47 Å². The summed E-state index contributed by atoms with van der Waals surface area (Å²) in [6.07, 6.45) is 22.5. The van der Waals surface area contributed by atoms with Crippen LogP contribution in [0.2, 0.25) is 0 Å². The van der Waals surface area contributed by atoms with E-state index < -0.39 is 0 Å². The van der Waals surface area contributed by atoms with Crippen LogP contribution in [0.4, 0.5) is 0 Å². The molecule has 0 aromatic rings. The first-order chi connectivity index (χ1) is 16.6. The van der Waals surface area contributed by atoms with Gasteiger partial charge in [-0.1, -0.05) is 110 Å². The third-order valence-corrected chi connectivity index (χ3v) is 6.11. The molecule has 0 heterocycles. The van der Waals surface area contributed by atoms with E-state index in [4.69, 9.17) is 9.47 Å². The highest BCUT2D eigenvalue weighted by Crippen LogP contribution is 2.13. The third-order valence-electron chi connectivity index (χ3n) is 6.11. The second kappa shape index (κ2) is 26.1. The van der Waals surface area contributed by atoms with Crippen LogP contribution in [-0.2, 0) is 19.1 Å². The van der Waals surface area contributed by atoms with E-state index in [1.165, 1.54) is 77.0 Å². The van der Waals surface area contributed by atoms with Crippen LogP contribution in [-0.4, -0.2) is 24.6 Å². The van der Waals surface area contributed by atoms with Gasteiger partial charge in [-0.05, 0) is 25.7 Å². The predicted octanol–water partition coefficient (Wildman–Crippen LogP) is 8.70. The van der Waals surface area contributed by atoms with E-state index in [1.54, 1.807) is 0 Å². The lowest BCUT2D eigenvalue weighted by Gasteiger charge is -2.13. The van der Waals surface area contributed by atoms with Gasteiger partial charge in [0.2, 0.25) is 0 Å². The van der Waals surface area contributed by atoms with Gasteiger partial charge in [0.25, 0.3) is 0 Å². The van der Waals surface area contributed by atoms with Crippen molar-refractivity contribution in [1.82, 2.24) is 0 Å². The molecule has 0 aromatic carbocycles. The van der Waals surface area contributed by atoms with Gasteiger partial charge in [-0.25, -0.2) is 0 Å². The van der Waals surface area contributed by atoms with E-state index >= 15 is 0 Å². The predicted molar refractivity (Wildman–Crippen MR) is 143 cm³/mol. The van der Waals surface area contributed by atoms with Crippen LogP contribution in [0.5, 0.6) is 0 Å². The minimum atomic E-state index is -0.246. The average Bonchev–Trinajstić information content (AvgIpc) is 2.83. The summed E-state index contributed by atoms with van der Waals surface area (Å²) in [5.74, 6) is 5.71. The second-order valence-electron chi connectivity index (χ2n) is 9.50. The Morgan fingerprint density at radius 1 is 0.618 bits per heavy atom. The van der Waals surface area contributed by atoms with Crippen molar-refractivity contribution in [2.24, 2.45) is 0 Å². The summed E-state index contributed by atoms with van der Waals surface area (Å²) in [6, 6.07) is 0. The maximum absolute atomic E-state index is 12.0. The first-order valence-corrected chi connectivity index (χ1v) is 14.4. The maximum atomic E-state index is 12.0. The molecular formula is C30H54O4. The molecule has 34 heavy (non-hydrogen) atoms. The van der Waals surface area contributed by atoms with E-state index in [0.29, 0.717) is 19.4 Å². The maximum Gasteiger partial charge on any atom is 0.306 e. The number of carbonyl (C=O) groups excluding carboxylic acids is 2. The van der Waals surface area contributed by atoms with Crippen molar-refractivity contribution < 1.29 is 19.1 Å². The summed E-state index contributed by atoms with van der Waals surface area (Å²) in [5, 5.41) is 0. The number of carbonyl (C=O) groups is 2. The van der Waals surface area contributed by atoms with Crippen LogP contribution in [0, 0.1) is 11.8 Å². The largest absolute Gasteiger partial charge is 0.466 e. The molecule has 0 saturated carbocycles. The van der Waals surface area contributed by atoms with Gasteiger partial charge in [-0.2, -0.15) is 0 Å². The fourth-order valence-electron chi connectivity index (χ4n) is 3.85. The fraction of sp³-hybridized carbons (Fsp3) is 0.867. The zero-order valence-electron chi connectivity index (χ0n) is 22.8. The lowest BCUT2D eigenvalue weighted by atomic mass is 10.0. The summed E-state index contributed by atoms with van der Waals surface area (Å²) in [7, 11) is 0. The molecule has 1 atom stereocenters. The van der Waals surface area contributed by atoms with Crippen LogP contribution in [0.15, 0.2) is 0 Å². The number of unbranched alkanes of at least 4 members (excludes halogenated alkanes) is 14. The topological polar surface area (TPSA) is 52.6 Å². The molecule has 4 heteroatoms.